The molecule has 1 fully saturated rings. The zero-order valence-electron chi connectivity index (χ0n) is 15.8. The number of amides is 1. The number of aromatic nitrogens is 2. The van der Waals surface area contributed by atoms with Crippen LogP contribution in [-0.4, -0.2) is 45.8 Å². The van der Waals surface area contributed by atoms with Crippen LogP contribution in [0.4, 0.5) is 0 Å². The summed E-state index contributed by atoms with van der Waals surface area (Å²) in [4.78, 5) is 18.8. The number of nitrogens with zero attached hydrogens (tertiary/aromatic N) is 3. The zero-order chi connectivity index (χ0) is 20.0. The summed E-state index contributed by atoms with van der Waals surface area (Å²) < 4.78 is 5.49. The quantitative estimate of drug-likeness (QED) is 0.713. The van der Waals surface area contributed by atoms with Crippen molar-refractivity contribution in [1.29, 1.82) is 0 Å². The molecular formula is C22H20ClN3O3. The first-order valence-corrected chi connectivity index (χ1v) is 10.1. The Kier molecular flexibility index (Phi) is 4.41. The van der Waals surface area contributed by atoms with Crippen molar-refractivity contribution >= 4 is 17.5 Å². The summed E-state index contributed by atoms with van der Waals surface area (Å²) in [6.45, 7) is 1.03. The molecule has 1 saturated heterocycles. The van der Waals surface area contributed by atoms with Crippen molar-refractivity contribution in [3.8, 4) is 22.8 Å². The van der Waals surface area contributed by atoms with Gasteiger partial charge in [0.1, 0.15) is 0 Å². The van der Waals surface area contributed by atoms with Crippen LogP contribution >= 0.6 is 11.6 Å². The molecule has 1 spiro atoms. The highest BCUT2D eigenvalue weighted by atomic mass is 35.5. The lowest BCUT2D eigenvalue weighted by molar-refractivity contribution is -0.128. The Morgan fingerprint density at radius 2 is 2.00 bits per heavy atom. The van der Waals surface area contributed by atoms with Gasteiger partial charge in [-0.15, -0.1) is 0 Å². The first kappa shape index (κ1) is 18.3. The molecule has 1 aliphatic carbocycles. The number of aliphatic hydroxyl groups is 1. The maximum Gasteiger partial charge on any atom is 0.259 e. The number of β-amino-alcohol motifs (C(OH)–C–C–N with tert-alkyl or cyclic N) is 1. The Morgan fingerprint density at radius 3 is 2.83 bits per heavy atom. The van der Waals surface area contributed by atoms with Crippen molar-refractivity contribution in [3.63, 3.8) is 0 Å². The number of rotatable bonds is 4. The molecule has 0 saturated carbocycles. The fourth-order valence-electron chi connectivity index (χ4n) is 4.72. The number of carbonyl (C=O) groups is 1. The second kappa shape index (κ2) is 6.97. The highest BCUT2D eigenvalue weighted by Gasteiger charge is 2.48. The van der Waals surface area contributed by atoms with Gasteiger partial charge in [-0.1, -0.05) is 47.1 Å². The summed E-state index contributed by atoms with van der Waals surface area (Å²) in [5.74, 6) is 1.03. The smallest absolute Gasteiger partial charge is 0.259 e. The van der Waals surface area contributed by atoms with Gasteiger partial charge in [0.05, 0.1) is 17.2 Å². The van der Waals surface area contributed by atoms with E-state index in [2.05, 4.69) is 16.2 Å². The fourth-order valence-corrected chi connectivity index (χ4v) is 4.94. The second-order valence-corrected chi connectivity index (χ2v) is 8.14. The van der Waals surface area contributed by atoms with Crippen LogP contribution in [0.1, 0.15) is 24.0 Å². The van der Waals surface area contributed by atoms with Crippen LogP contribution in [0.3, 0.4) is 0 Å². The van der Waals surface area contributed by atoms with Gasteiger partial charge in [0, 0.05) is 30.5 Å². The summed E-state index contributed by atoms with van der Waals surface area (Å²) in [7, 11) is 0. The minimum Gasteiger partial charge on any atom is -0.395 e. The van der Waals surface area contributed by atoms with Crippen molar-refractivity contribution in [3.05, 3.63) is 58.6 Å². The fraction of sp³-hybridized carbons (Fsp3) is 0.318. The normalized spacial score (nSPS) is 20.6. The summed E-state index contributed by atoms with van der Waals surface area (Å²) in [5.41, 5.74) is 3.82. The van der Waals surface area contributed by atoms with Crippen molar-refractivity contribution < 1.29 is 14.4 Å². The van der Waals surface area contributed by atoms with Gasteiger partial charge in [0.25, 0.3) is 5.89 Å². The summed E-state index contributed by atoms with van der Waals surface area (Å²) in [5, 5.41) is 14.0. The minimum atomic E-state index is -0.188. The average molecular weight is 410 g/mol. The van der Waals surface area contributed by atoms with Crippen LogP contribution in [0.25, 0.3) is 22.8 Å². The number of carbonyl (C=O) groups excluding carboxylic acids is 1. The zero-order valence-corrected chi connectivity index (χ0v) is 16.5. The van der Waals surface area contributed by atoms with E-state index in [9.17, 15) is 9.90 Å². The lowest BCUT2D eigenvalue weighted by Gasteiger charge is -2.24. The molecule has 1 aliphatic heterocycles. The van der Waals surface area contributed by atoms with Crippen molar-refractivity contribution in [2.75, 3.05) is 19.7 Å². The van der Waals surface area contributed by atoms with E-state index in [-0.39, 0.29) is 17.9 Å². The molecule has 29 heavy (non-hydrogen) atoms. The Labute approximate surface area is 173 Å². The Balaban J connectivity index is 1.52. The van der Waals surface area contributed by atoms with Gasteiger partial charge in [-0.3, -0.25) is 4.79 Å². The molecule has 2 aliphatic rings. The van der Waals surface area contributed by atoms with Crippen LogP contribution < -0.4 is 0 Å². The minimum absolute atomic E-state index is 0.0115. The molecule has 2 heterocycles. The largest absolute Gasteiger partial charge is 0.395 e. The second-order valence-electron chi connectivity index (χ2n) is 7.73. The number of benzene rings is 2. The van der Waals surface area contributed by atoms with Gasteiger partial charge < -0.3 is 14.5 Å². The first-order valence-electron chi connectivity index (χ1n) is 9.71. The lowest BCUT2D eigenvalue weighted by atomic mass is 9.80. The third kappa shape index (κ3) is 2.94. The molecule has 148 valence electrons. The number of hydrogen-bond acceptors (Lipinski definition) is 5. The van der Waals surface area contributed by atoms with E-state index >= 15 is 0 Å². The van der Waals surface area contributed by atoms with Crippen molar-refractivity contribution in [2.45, 2.75) is 24.7 Å². The van der Waals surface area contributed by atoms with Crippen LogP contribution in [-0.2, 0) is 16.6 Å². The average Bonchev–Trinajstić information content (AvgIpc) is 3.42. The maximum absolute atomic E-state index is 12.4. The van der Waals surface area contributed by atoms with E-state index < -0.39 is 0 Å². The van der Waals surface area contributed by atoms with Crippen LogP contribution in [0.15, 0.2) is 47.0 Å². The van der Waals surface area contributed by atoms with Gasteiger partial charge in [-0.05, 0) is 36.1 Å². The molecule has 1 atom stereocenters. The van der Waals surface area contributed by atoms with Crippen molar-refractivity contribution in [2.24, 2.45) is 0 Å². The number of hydrogen-bond donors (Lipinski definition) is 1. The van der Waals surface area contributed by atoms with Gasteiger partial charge >= 0.3 is 0 Å². The Morgan fingerprint density at radius 1 is 1.17 bits per heavy atom. The Bertz CT molecular complexity index is 1100. The third-order valence-corrected chi connectivity index (χ3v) is 6.41. The van der Waals surface area contributed by atoms with E-state index in [4.69, 9.17) is 16.1 Å². The van der Waals surface area contributed by atoms with Gasteiger partial charge in [-0.2, -0.15) is 4.98 Å². The van der Waals surface area contributed by atoms with Crippen LogP contribution in [0.2, 0.25) is 5.02 Å². The molecule has 2 aromatic carbocycles. The van der Waals surface area contributed by atoms with Gasteiger partial charge in [-0.25, -0.2) is 0 Å². The molecule has 5 rings (SSSR count). The third-order valence-electron chi connectivity index (χ3n) is 6.08. The summed E-state index contributed by atoms with van der Waals surface area (Å²) >= 11 is 6.26. The predicted octanol–water partition coefficient (Wildman–Crippen LogP) is 3.47. The van der Waals surface area contributed by atoms with E-state index in [1.54, 1.807) is 11.0 Å². The standard InChI is InChI=1S/C22H20ClN3O3/c23-18-7-2-1-4-16(18)21-24-20(25-29-21)15-5-3-6-17-14(15)8-9-22(17)12-19(28)26(13-22)10-11-27/h1-7,27H,8-13H2/t22-/m1/s1. The lowest BCUT2D eigenvalue weighted by Crippen LogP contribution is -2.32. The molecule has 3 aromatic rings. The number of fused-ring (bicyclic) bond motifs is 2. The van der Waals surface area contributed by atoms with Gasteiger partial charge in [0.2, 0.25) is 11.7 Å². The Hall–Kier alpha value is -2.70. The first-order chi connectivity index (χ1) is 14.1. The summed E-state index contributed by atoms with van der Waals surface area (Å²) in [6.07, 6.45) is 2.25. The van der Waals surface area contributed by atoms with Gasteiger partial charge in [0.15, 0.2) is 0 Å². The summed E-state index contributed by atoms with van der Waals surface area (Å²) in [6, 6.07) is 13.5. The number of aliphatic hydroxyl groups excluding tert-OH is 1. The van der Waals surface area contributed by atoms with Crippen LogP contribution in [0.5, 0.6) is 0 Å². The topological polar surface area (TPSA) is 79.5 Å². The molecule has 6 nitrogen and oxygen atoms in total. The molecule has 1 N–H and O–H groups in total. The molecule has 1 aromatic heterocycles. The van der Waals surface area contributed by atoms with E-state index in [0.29, 0.717) is 41.8 Å². The maximum atomic E-state index is 12.4. The molecule has 0 bridgehead atoms. The highest BCUT2D eigenvalue weighted by Crippen LogP contribution is 2.48. The monoisotopic (exact) mass is 409 g/mol. The molecular weight excluding hydrogens is 390 g/mol. The van der Waals surface area contributed by atoms with E-state index in [1.807, 2.05) is 30.3 Å². The predicted molar refractivity (Wildman–Crippen MR) is 108 cm³/mol. The van der Waals surface area contributed by atoms with Crippen LogP contribution in [0, 0.1) is 0 Å². The number of halogens is 1. The molecule has 1 amide bonds. The van der Waals surface area contributed by atoms with Crippen molar-refractivity contribution in [1.82, 2.24) is 15.0 Å². The molecule has 7 heteroatoms. The molecule has 0 radical (unpaired) electrons. The highest BCUT2D eigenvalue weighted by molar-refractivity contribution is 6.33. The number of likely N-dealkylation sites (tertiary alicyclic amines) is 1. The van der Waals surface area contributed by atoms with E-state index in [1.165, 1.54) is 11.1 Å². The SMILES string of the molecule is O=C1C[C@]2(CCc3c(-c4noc(-c5ccccc5Cl)n4)cccc32)CN1CCO. The van der Waals surface area contributed by atoms with E-state index in [0.717, 1.165) is 18.4 Å². The molecule has 0 unspecified atom stereocenters.